The second kappa shape index (κ2) is 5.18. The number of likely N-dealkylation sites (N-methyl/N-ethyl adjacent to an activating group) is 2. The molecule has 0 aliphatic heterocycles. The van der Waals surface area contributed by atoms with Gasteiger partial charge in [-0.2, -0.15) is 0 Å². The van der Waals surface area contributed by atoms with Gasteiger partial charge in [-0.3, -0.25) is 19.8 Å². The van der Waals surface area contributed by atoms with Crippen LogP contribution in [0.25, 0.3) is 0 Å². The van der Waals surface area contributed by atoms with Crippen molar-refractivity contribution in [3.8, 4) is 0 Å². The minimum Gasteiger partial charge on any atom is -0.347 e. The fraction of sp³-hybridized carbons (Fsp3) is 0.571. The summed E-state index contributed by atoms with van der Waals surface area (Å²) in [5.41, 5.74) is 1.69. The molecule has 0 unspecified atom stereocenters. The molecule has 0 heterocycles. The normalized spacial score (nSPS) is 9.14. The number of rotatable bonds is 2. The molecule has 0 aliphatic rings. The van der Waals surface area contributed by atoms with Gasteiger partial charge >= 0.3 is 11.8 Å². The maximum Gasteiger partial charge on any atom is 0.323 e. The minimum atomic E-state index is -0.945. The fourth-order valence-corrected chi connectivity index (χ4v) is 0.651. The van der Waals surface area contributed by atoms with Crippen molar-refractivity contribution in [3.05, 3.63) is 0 Å². The Kier molecular flexibility index (Phi) is 4.57. The number of hydrazine groups is 1. The Bertz CT molecular complexity index is 251. The lowest BCUT2D eigenvalue weighted by Crippen LogP contribution is -2.46. The van der Waals surface area contributed by atoms with Crippen molar-refractivity contribution in [1.82, 2.24) is 15.2 Å². The van der Waals surface area contributed by atoms with Gasteiger partial charge in [0, 0.05) is 21.1 Å². The standard InChI is InChI=1S/C7H14N4O3/c1-10(2)5(12)4-11(3)7(14)6(13)9-8/h4,8H2,1-3H3,(H,9,13). The highest BCUT2D eigenvalue weighted by molar-refractivity contribution is 6.35. The van der Waals surface area contributed by atoms with Gasteiger partial charge in [0.25, 0.3) is 0 Å². The smallest absolute Gasteiger partial charge is 0.323 e. The molecular formula is C7H14N4O3. The van der Waals surface area contributed by atoms with Crippen LogP contribution >= 0.6 is 0 Å². The summed E-state index contributed by atoms with van der Waals surface area (Å²) in [5.74, 6) is 2.70. The van der Waals surface area contributed by atoms with E-state index in [0.717, 1.165) is 4.90 Å². The zero-order chi connectivity index (χ0) is 11.3. The third kappa shape index (κ3) is 3.40. The van der Waals surface area contributed by atoms with Crippen LogP contribution in [0.3, 0.4) is 0 Å². The van der Waals surface area contributed by atoms with Crippen molar-refractivity contribution in [2.45, 2.75) is 0 Å². The van der Waals surface area contributed by atoms with Crippen LogP contribution in [0.2, 0.25) is 0 Å². The van der Waals surface area contributed by atoms with Crippen LogP contribution < -0.4 is 11.3 Å². The Hall–Kier alpha value is -1.63. The zero-order valence-corrected chi connectivity index (χ0v) is 8.40. The summed E-state index contributed by atoms with van der Waals surface area (Å²) in [7, 11) is 4.46. The molecule has 0 aromatic carbocycles. The Morgan fingerprint density at radius 2 is 1.71 bits per heavy atom. The number of amides is 3. The van der Waals surface area contributed by atoms with Gasteiger partial charge in [-0.15, -0.1) is 0 Å². The van der Waals surface area contributed by atoms with E-state index in [2.05, 4.69) is 0 Å². The Morgan fingerprint density at radius 3 is 2.07 bits per heavy atom. The molecule has 7 nitrogen and oxygen atoms in total. The highest BCUT2D eigenvalue weighted by Gasteiger charge is 2.19. The number of carbonyl (C=O) groups is 3. The van der Waals surface area contributed by atoms with Gasteiger partial charge in [0.2, 0.25) is 5.91 Å². The van der Waals surface area contributed by atoms with Gasteiger partial charge in [-0.25, -0.2) is 5.84 Å². The lowest BCUT2D eigenvalue weighted by molar-refractivity contribution is -0.147. The van der Waals surface area contributed by atoms with Gasteiger partial charge in [-0.05, 0) is 0 Å². The summed E-state index contributed by atoms with van der Waals surface area (Å²) in [6.45, 7) is -0.154. The number of nitrogens with two attached hydrogens (primary N) is 1. The van der Waals surface area contributed by atoms with E-state index in [-0.39, 0.29) is 12.5 Å². The third-order valence-electron chi connectivity index (χ3n) is 1.54. The lowest BCUT2D eigenvalue weighted by atomic mass is 10.4. The van der Waals surface area contributed by atoms with Gasteiger partial charge in [0.05, 0.1) is 6.54 Å². The highest BCUT2D eigenvalue weighted by Crippen LogP contribution is 1.87. The molecule has 0 bridgehead atoms. The molecular weight excluding hydrogens is 188 g/mol. The molecule has 0 saturated heterocycles. The van der Waals surface area contributed by atoms with E-state index in [1.807, 2.05) is 0 Å². The van der Waals surface area contributed by atoms with Crippen molar-refractivity contribution in [2.24, 2.45) is 5.84 Å². The Balaban J connectivity index is 4.21. The molecule has 0 spiro atoms. The number of nitrogens with one attached hydrogen (secondary N) is 1. The fourth-order valence-electron chi connectivity index (χ4n) is 0.651. The van der Waals surface area contributed by atoms with Gasteiger partial charge in [0.1, 0.15) is 0 Å². The first-order valence-electron chi connectivity index (χ1n) is 3.86. The second-order valence-corrected chi connectivity index (χ2v) is 2.92. The Morgan fingerprint density at radius 1 is 1.21 bits per heavy atom. The number of hydrogen-bond acceptors (Lipinski definition) is 4. The largest absolute Gasteiger partial charge is 0.347 e. The third-order valence-corrected chi connectivity index (χ3v) is 1.54. The molecule has 7 heteroatoms. The molecule has 3 N–H and O–H groups in total. The van der Waals surface area contributed by atoms with Crippen molar-refractivity contribution >= 4 is 17.7 Å². The molecule has 0 rings (SSSR count). The molecule has 0 atom stereocenters. The van der Waals surface area contributed by atoms with Gasteiger partial charge < -0.3 is 9.80 Å². The van der Waals surface area contributed by atoms with E-state index in [4.69, 9.17) is 5.84 Å². The van der Waals surface area contributed by atoms with E-state index in [0.29, 0.717) is 0 Å². The summed E-state index contributed by atoms with van der Waals surface area (Å²) in [6.07, 6.45) is 0. The Labute approximate surface area is 81.8 Å². The first-order valence-corrected chi connectivity index (χ1v) is 3.86. The van der Waals surface area contributed by atoms with Crippen molar-refractivity contribution < 1.29 is 14.4 Å². The summed E-state index contributed by atoms with van der Waals surface area (Å²) >= 11 is 0. The van der Waals surface area contributed by atoms with Gasteiger partial charge in [-0.1, -0.05) is 0 Å². The van der Waals surface area contributed by atoms with E-state index >= 15 is 0 Å². The number of hydrogen-bond donors (Lipinski definition) is 2. The van der Waals surface area contributed by atoms with Crippen LogP contribution in [0, 0.1) is 0 Å². The average molecular weight is 202 g/mol. The predicted octanol–water partition coefficient (Wildman–Crippen LogP) is -2.48. The molecule has 0 aromatic heterocycles. The molecule has 0 saturated carbocycles. The summed E-state index contributed by atoms with van der Waals surface area (Å²) < 4.78 is 0. The monoisotopic (exact) mass is 202 g/mol. The number of carbonyl (C=O) groups excluding carboxylic acids is 3. The summed E-state index contributed by atoms with van der Waals surface area (Å²) in [5, 5.41) is 0. The zero-order valence-electron chi connectivity index (χ0n) is 8.40. The molecule has 0 aliphatic carbocycles. The van der Waals surface area contributed by atoms with Crippen molar-refractivity contribution in [1.29, 1.82) is 0 Å². The first-order chi connectivity index (χ1) is 6.40. The van der Waals surface area contributed by atoms with Crippen LogP contribution in [0.15, 0.2) is 0 Å². The number of nitrogens with zero attached hydrogens (tertiary/aromatic N) is 2. The summed E-state index contributed by atoms with van der Waals surface area (Å²) in [6, 6.07) is 0. The van der Waals surface area contributed by atoms with Gasteiger partial charge in [0.15, 0.2) is 0 Å². The van der Waals surface area contributed by atoms with Crippen LogP contribution in [0.5, 0.6) is 0 Å². The molecule has 0 aromatic rings. The molecule has 3 amide bonds. The predicted molar refractivity (Wildman–Crippen MR) is 48.7 cm³/mol. The van der Waals surface area contributed by atoms with E-state index in [1.54, 1.807) is 19.5 Å². The molecule has 0 radical (unpaired) electrons. The topological polar surface area (TPSA) is 95.7 Å². The maximum atomic E-state index is 11.1. The molecule has 80 valence electrons. The van der Waals surface area contributed by atoms with E-state index < -0.39 is 11.8 Å². The molecule has 14 heavy (non-hydrogen) atoms. The van der Waals surface area contributed by atoms with Crippen LogP contribution in [0.1, 0.15) is 0 Å². The van der Waals surface area contributed by atoms with Crippen LogP contribution in [0.4, 0.5) is 0 Å². The molecule has 0 fully saturated rings. The quantitative estimate of drug-likeness (QED) is 0.224. The van der Waals surface area contributed by atoms with Crippen LogP contribution in [-0.2, 0) is 14.4 Å². The lowest BCUT2D eigenvalue weighted by Gasteiger charge is -2.17. The first kappa shape index (κ1) is 12.4. The highest BCUT2D eigenvalue weighted by atomic mass is 16.2. The average Bonchev–Trinajstić information content (AvgIpc) is 2.14. The van der Waals surface area contributed by atoms with E-state index in [1.165, 1.54) is 11.9 Å². The maximum absolute atomic E-state index is 11.1. The minimum absolute atomic E-state index is 0.154. The SMILES string of the molecule is CN(C)C(=O)CN(C)C(=O)C(=O)NN. The summed E-state index contributed by atoms with van der Waals surface area (Å²) in [4.78, 5) is 35.3. The van der Waals surface area contributed by atoms with Crippen molar-refractivity contribution in [2.75, 3.05) is 27.7 Å². The van der Waals surface area contributed by atoms with Crippen molar-refractivity contribution in [3.63, 3.8) is 0 Å². The van der Waals surface area contributed by atoms with E-state index in [9.17, 15) is 14.4 Å². The second-order valence-electron chi connectivity index (χ2n) is 2.92. The van der Waals surface area contributed by atoms with Crippen LogP contribution in [-0.4, -0.2) is 55.2 Å².